The lowest BCUT2D eigenvalue weighted by molar-refractivity contribution is 0.746. The molecule has 0 atom stereocenters. The molecule has 2 aromatic rings. The van der Waals surface area contributed by atoms with E-state index in [1.807, 2.05) is 25.1 Å². The molecule has 2 rings (SSSR count). The Bertz CT molecular complexity index is 595. The first-order valence-electron chi connectivity index (χ1n) is 7.56. The molecular weight excluding hydrogens is 260 g/mol. The third kappa shape index (κ3) is 4.18. The fourth-order valence-corrected chi connectivity index (χ4v) is 2.41. The quantitative estimate of drug-likeness (QED) is 0.827. The maximum atomic E-state index is 5.87. The van der Waals surface area contributed by atoms with E-state index < -0.39 is 0 Å². The minimum Gasteiger partial charge on any atom is -0.399 e. The summed E-state index contributed by atoms with van der Waals surface area (Å²) in [4.78, 5) is 11.4. The molecule has 1 aromatic heterocycles. The van der Waals surface area contributed by atoms with Gasteiger partial charge in [0.25, 0.3) is 0 Å². The van der Waals surface area contributed by atoms with Crippen molar-refractivity contribution < 1.29 is 0 Å². The average Bonchev–Trinajstić information content (AvgIpc) is 2.46. The third-order valence-electron chi connectivity index (χ3n) is 3.38. The van der Waals surface area contributed by atoms with Crippen LogP contribution >= 0.6 is 0 Å². The minimum absolute atomic E-state index is 0.803. The summed E-state index contributed by atoms with van der Waals surface area (Å²) in [6.07, 6.45) is 2.00. The molecule has 0 fully saturated rings. The smallest absolute Gasteiger partial charge is 0.132 e. The summed E-state index contributed by atoms with van der Waals surface area (Å²) in [5.74, 6) is 1.83. The van der Waals surface area contributed by atoms with Crippen molar-refractivity contribution in [1.82, 2.24) is 9.97 Å². The van der Waals surface area contributed by atoms with Gasteiger partial charge in [0.15, 0.2) is 0 Å². The lowest BCUT2D eigenvalue weighted by Gasteiger charge is -2.24. The first-order chi connectivity index (χ1) is 10.1. The molecule has 4 nitrogen and oxygen atoms in total. The van der Waals surface area contributed by atoms with Gasteiger partial charge in [-0.15, -0.1) is 0 Å². The van der Waals surface area contributed by atoms with Crippen LogP contribution in [0.1, 0.15) is 37.4 Å². The van der Waals surface area contributed by atoms with E-state index in [0.29, 0.717) is 0 Å². The van der Waals surface area contributed by atoms with Crippen LogP contribution in [-0.2, 0) is 13.0 Å². The molecule has 0 amide bonds. The summed E-state index contributed by atoms with van der Waals surface area (Å²) in [5.41, 5.74) is 8.97. The summed E-state index contributed by atoms with van der Waals surface area (Å²) in [6.45, 7) is 8.04. The maximum absolute atomic E-state index is 5.87. The molecule has 0 unspecified atom stereocenters. The lowest BCUT2D eigenvalue weighted by Crippen LogP contribution is -2.25. The molecular formula is C17H24N4. The lowest BCUT2D eigenvalue weighted by atomic mass is 10.2. The number of nitrogens with zero attached hydrogens (tertiary/aromatic N) is 3. The summed E-state index contributed by atoms with van der Waals surface area (Å²) < 4.78 is 0. The van der Waals surface area contributed by atoms with Crippen molar-refractivity contribution >= 4 is 11.5 Å². The topological polar surface area (TPSA) is 55.0 Å². The van der Waals surface area contributed by atoms with Crippen molar-refractivity contribution in [3.05, 3.63) is 47.4 Å². The Morgan fingerprint density at radius 2 is 1.95 bits per heavy atom. The summed E-state index contributed by atoms with van der Waals surface area (Å²) in [7, 11) is 0. The number of nitrogen functional groups attached to an aromatic ring is 1. The van der Waals surface area contributed by atoms with Crippen LogP contribution in [0.25, 0.3) is 0 Å². The monoisotopic (exact) mass is 284 g/mol. The van der Waals surface area contributed by atoms with Crippen molar-refractivity contribution in [3.63, 3.8) is 0 Å². The van der Waals surface area contributed by atoms with Crippen molar-refractivity contribution in [2.75, 3.05) is 17.2 Å². The van der Waals surface area contributed by atoms with Gasteiger partial charge in [-0.3, -0.25) is 0 Å². The predicted molar refractivity (Wildman–Crippen MR) is 88.3 cm³/mol. The summed E-state index contributed by atoms with van der Waals surface area (Å²) in [6, 6.07) is 10.1. The van der Waals surface area contributed by atoms with E-state index in [4.69, 9.17) is 5.73 Å². The van der Waals surface area contributed by atoms with E-state index in [0.717, 1.165) is 49.0 Å². The number of aromatic nitrogens is 2. The SMILES string of the molecule is CCCN(Cc1cccc(N)c1)c1cc(CC)nc(C)n1. The standard InChI is InChI=1S/C17H24N4/c1-4-9-21(12-14-7-6-8-15(18)10-14)17-11-16(5-2)19-13(3)20-17/h6-8,10-11H,4-5,9,12,18H2,1-3H3. The van der Waals surface area contributed by atoms with Gasteiger partial charge in [0.05, 0.1) is 0 Å². The van der Waals surface area contributed by atoms with Gasteiger partial charge in [-0.2, -0.15) is 0 Å². The van der Waals surface area contributed by atoms with E-state index >= 15 is 0 Å². The summed E-state index contributed by atoms with van der Waals surface area (Å²) in [5, 5.41) is 0. The Morgan fingerprint density at radius 1 is 1.14 bits per heavy atom. The molecule has 0 aliphatic carbocycles. The molecule has 0 saturated heterocycles. The highest BCUT2D eigenvalue weighted by Gasteiger charge is 2.10. The van der Waals surface area contributed by atoms with E-state index in [1.54, 1.807) is 0 Å². The van der Waals surface area contributed by atoms with Crippen LogP contribution in [0.5, 0.6) is 0 Å². The van der Waals surface area contributed by atoms with E-state index in [1.165, 1.54) is 5.56 Å². The van der Waals surface area contributed by atoms with E-state index in [9.17, 15) is 0 Å². The van der Waals surface area contributed by atoms with Crippen molar-refractivity contribution in [3.8, 4) is 0 Å². The number of aryl methyl sites for hydroxylation is 2. The van der Waals surface area contributed by atoms with Crippen molar-refractivity contribution in [2.45, 2.75) is 40.2 Å². The normalized spacial score (nSPS) is 10.6. The molecule has 1 heterocycles. The molecule has 4 heteroatoms. The Balaban J connectivity index is 2.28. The van der Waals surface area contributed by atoms with Crippen LogP contribution in [0.2, 0.25) is 0 Å². The zero-order valence-corrected chi connectivity index (χ0v) is 13.1. The van der Waals surface area contributed by atoms with Gasteiger partial charge in [0, 0.05) is 30.5 Å². The Morgan fingerprint density at radius 3 is 2.62 bits per heavy atom. The zero-order valence-electron chi connectivity index (χ0n) is 13.1. The Hall–Kier alpha value is -2.10. The molecule has 0 aliphatic rings. The van der Waals surface area contributed by atoms with Gasteiger partial charge in [0.1, 0.15) is 11.6 Å². The fraction of sp³-hybridized carbons (Fsp3) is 0.412. The van der Waals surface area contributed by atoms with Crippen LogP contribution in [0.4, 0.5) is 11.5 Å². The maximum Gasteiger partial charge on any atom is 0.132 e. The van der Waals surface area contributed by atoms with E-state index in [2.05, 4.69) is 40.8 Å². The number of benzene rings is 1. The molecule has 0 radical (unpaired) electrons. The number of nitrogens with two attached hydrogens (primary N) is 1. The second-order valence-electron chi connectivity index (χ2n) is 5.28. The van der Waals surface area contributed by atoms with Crippen LogP contribution < -0.4 is 10.6 Å². The molecule has 21 heavy (non-hydrogen) atoms. The summed E-state index contributed by atoms with van der Waals surface area (Å²) >= 11 is 0. The second-order valence-corrected chi connectivity index (χ2v) is 5.28. The second kappa shape index (κ2) is 7.07. The van der Waals surface area contributed by atoms with Gasteiger partial charge in [-0.25, -0.2) is 9.97 Å². The average molecular weight is 284 g/mol. The first-order valence-corrected chi connectivity index (χ1v) is 7.56. The van der Waals surface area contributed by atoms with Crippen molar-refractivity contribution in [1.29, 1.82) is 0 Å². The number of hydrogen-bond acceptors (Lipinski definition) is 4. The largest absolute Gasteiger partial charge is 0.399 e. The highest BCUT2D eigenvalue weighted by molar-refractivity contribution is 5.45. The van der Waals surface area contributed by atoms with Crippen molar-refractivity contribution in [2.24, 2.45) is 0 Å². The van der Waals surface area contributed by atoms with E-state index in [-0.39, 0.29) is 0 Å². The number of rotatable bonds is 6. The highest BCUT2D eigenvalue weighted by Crippen LogP contribution is 2.18. The van der Waals surface area contributed by atoms with Gasteiger partial charge in [-0.05, 0) is 37.5 Å². The highest BCUT2D eigenvalue weighted by atomic mass is 15.2. The molecule has 1 aromatic carbocycles. The molecule has 0 aliphatic heterocycles. The molecule has 112 valence electrons. The molecule has 2 N–H and O–H groups in total. The fourth-order valence-electron chi connectivity index (χ4n) is 2.41. The Kier molecular flexibility index (Phi) is 5.14. The molecule has 0 bridgehead atoms. The minimum atomic E-state index is 0.803. The van der Waals surface area contributed by atoms with Gasteiger partial charge in [-0.1, -0.05) is 26.0 Å². The van der Waals surface area contributed by atoms with Gasteiger partial charge < -0.3 is 10.6 Å². The van der Waals surface area contributed by atoms with Crippen LogP contribution in [0.3, 0.4) is 0 Å². The molecule has 0 saturated carbocycles. The first kappa shape index (κ1) is 15.3. The zero-order chi connectivity index (χ0) is 15.2. The molecule has 0 spiro atoms. The number of hydrogen-bond donors (Lipinski definition) is 1. The van der Waals surface area contributed by atoms with Crippen LogP contribution in [0, 0.1) is 6.92 Å². The Labute approximate surface area is 127 Å². The van der Waals surface area contributed by atoms with Crippen LogP contribution in [0.15, 0.2) is 30.3 Å². The van der Waals surface area contributed by atoms with Crippen LogP contribution in [-0.4, -0.2) is 16.5 Å². The van der Waals surface area contributed by atoms with Gasteiger partial charge in [0.2, 0.25) is 0 Å². The third-order valence-corrected chi connectivity index (χ3v) is 3.38. The van der Waals surface area contributed by atoms with Gasteiger partial charge >= 0.3 is 0 Å². The predicted octanol–water partition coefficient (Wildman–Crippen LogP) is 3.35. The number of anilines is 2.